The van der Waals surface area contributed by atoms with Crippen LogP contribution in [0.4, 0.5) is 15.8 Å². The molecule has 0 unspecified atom stereocenters. The highest BCUT2D eigenvalue weighted by atomic mass is 35.5. The van der Waals surface area contributed by atoms with E-state index in [4.69, 9.17) is 11.6 Å². The standard InChI is InChI=1S/C15H14ClFN2O/c1-10(20)19-13-5-2-11(3-6-13)9-18-15-8-12(17)4-7-14(15)16/h2-8,18H,9H2,1H3,(H,19,20). The van der Waals surface area contributed by atoms with E-state index in [-0.39, 0.29) is 11.7 Å². The summed E-state index contributed by atoms with van der Waals surface area (Å²) >= 11 is 5.97. The molecular formula is C15H14ClFN2O. The molecule has 0 aliphatic rings. The van der Waals surface area contributed by atoms with Crippen LogP contribution in [0.3, 0.4) is 0 Å². The first kappa shape index (κ1) is 14.3. The second-order valence-corrected chi connectivity index (χ2v) is 4.76. The number of nitrogens with one attached hydrogen (secondary N) is 2. The van der Waals surface area contributed by atoms with Gasteiger partial charge in [-0.1, -0.05) is 23.7 Å². The van der Waals surface area contributed by atoms with Crippen molar-refractivity contribution >= 4 is 28.9 Å². The molecule has 2 aromatic carbocycles. The molecule has 2 aromatic rings. The predicted octanol–water partition coefficient (Wildman–Crippen LogP) is 4.05. The van der Waals surface area contributed by atoms with E-state index in [1.165, 1.54) is 25.1 Å². The molecule has 1 amide bonds. The van der Waals surface area contributed by atoms with Gasteiger partial charge in [0, 0.05) is 19.2 Å². The summed E-state index contributed by atoms with van der Waals surface area (Å²) in [5, 5.41) is 6.24. The summed E-state index contributed by atoms with van der Waals surface area (Å²) in [6.45, 7) is 1.98. The molecule has 0 saturated heterocycles. The summed E-state index contributed by atoms with van der Waals surface area (Å²) in [7, 11) is 0. The van der Waals surface area contributed by atoms with Gasteiger partial charge in [0.05, 0.1) is 10.7 Å². The number of carbonyl (C=O) groups excluding carboxylic acids is 1. The third kappa shape index (κ3) is 3.96. The van der Waals surface area contributed by atoms with Crippen molar-refractivity contribution in [2.45, 2.75) is 13.5 Å². The van der Waals surface area contributed by atoms with Crippen molar-refractivity contribution in [3.05, 3.63) is 58.9 Å². The van der Waals surface area contributed by atoms with Gasteiger partial charge in [0.25, 0.3) is 0 Å². The molecular weight excluding hydrogens is 279 g/mol. The molecule has 0 fully saturated rings. The lowest BCUT2D eigenvalue weighted by Gasteiger charge is -2.09. The smallest absolute Gasteiger partial charge is 0.221 e. The van der Waals surface area contributed by atoms with E-state index in [1.54, 1.807) is 0 Å². The first-order valence-electron chi connectivity index (χ1n) is 6.10. The lowest BCUT2D eigenvalue weighted by atomic mass is 10.2. The van der Waals surface area contributed by atoms with Crippen molar-refractivity contribution in [3.63, 3.8) is 0 Å². The molecule has 104 valence electrons. The summed E-state index contributed by atoms with van der Waals surface area (Å²) < 4.78 is 13.1. The van der Waals surface area contributed by atoms with Crippen molar-refractivity contribution in [2.24, 2.45) is 0 Å². The normalized spacial score (nSPS) is 10.2. The lowest BCUT2D eigenvalue weighted by molar-refractivity contribution is -0.114. The number of amides is 1. The van der Waals surface area contributed by atoms with Gasteiger partial charge in [-0.3, -0.25) is 4.79 Å². The van der Waals surface area contributed by atoms with E-state index in [2.05, 4.69) is 10.6 Å². The first-order valence-corrected chi connectivity index (χ1v) is 6.48. The number of carbonyl (C=O) groups is 1. The van der Waals surface area contributed by atoms with Crippen molar-refractivity contribution in [3.8, 4) is 0 Å². The number of rotatable bonds is 4. The zero-order chi connectivity index (χ0) is 14.5. The van der Waals surface area contributed by atoms with Gasteiger partial charge in [0.1, 0.15) is 5.82 Å². The zero-order valence-corrected chi connectivity index (χ0v) is 11.7. The van der Waals surface area contributed by atoms with Crippen LogP contribution in [0, 0.1) is 5.82 Å². The van der Waals surface area contributed by atoms with Gasteiger partial charge < -0.3 is 10.6 Å². The van der Waals surface area contributed by atoms with Crippen LogP contribution in [0.15, 0.2) is 42.5 Å². The molecule has 2 N–H and O–H groups in total. The zero-order valence-electron chi connectivity index (χ0n) is 10.9. The van der Waals surface area contributed by atoms with E-state index in [1.807, 2.05) is 24.3 Å². The van der Waals surface area contributed by atoms with Crippen molar-refractivity contribution in [1.29, 1.82) is 0 Å². The van der Waals surface area contributed by atoms with Crippen LogP contribution in [0.25, 0.3) is 0 Å². The maximum Gasteiger partial charge on any atom is 0.221 e. The maximum atomic E-state index is 13.1. The predicted molar refractivity (Wildman–Crippen MR) is 79.5 cm³/mol. The third-order valence-corrected chi connectivity index (χ3v) is 3.02. The Morgan fingerprint density at radius 3 is 2.55 bits per heavy atom. The summed E-state index contributed by atoms with van der Waals surface area (Å²) in [6, 6.07) is 11.6. The van der Waals surface area contributed by atoms with E-state index >= 15 is 0 Å². The summed E-state index contributed by atoms with van der Waals surface area (Å²) in [6.07, 6.45) is 0. The Morgan fingerprint density at radius 1 is 1.20 bits per heavy atom. The minimum absolute atomic E-state index is 0.109. The monoisotopic (exact) mass is 292 g/mol. The van der Waals surface area contributed by atoms with Crippen molar-refractivity contribution < 1.29 is 9.18 Å². The molecule has 0 radical (unpaired) electrons. The van der Waals surface area contributed by atoms with Crippen molar-refractivity contribution in [2.75, 3.05) is 10.6 Å². The average molecular weight is 293 g/mol. The number of halogens is 2. The van der Waals surface area contributed by atoms with Gasteiger partial charge in [-0.25, -0.2) is 4.39 Å². The quantitative estimate of drug-likeness (QED) is 0.892. The van der Waals surface area contributed by atoms with E-state index in [9.17, 15) is 9.18 Å². The first-order chi connectivity index (χ1) is 9.54. The number of anilines is 2. The fraction of sp³-hybridized carbons (Fsp3) is 0.133. The van der Waals surface area contributed by atoms with Crippen LogP contribution in [0.1, 0.15) is 12.5 Å². The number of hydrogen-bond donors (Lipinski definition) is 2. The van der Waals surface area contributed by atoms with Gasteiger partial charge in [-0.05, 0) is 35.9 Å². The molecule has 0 saturated carbocycles. The van der Waals surface area contributed by atoms with Crippen LogP contribution >= 0.6 is 11.6 Å². The van der Waals surface area contributed by atoms with E-state index < -0.39 is 0 Å². The number of hydrogen-bond acceptors (Lipinski definition) is 2. The molecule has 0 aliphatic heterocycles. The Bertz CT molecular complexity index is 614. The Kier molecular flexibility index (Phi) is 4.58. The largest absolute Gasteiger partial charge is 0.380 e. The molecule has 0 bridgehead atoms. The molecule has 20 heavy (non-hydrogen) atoms. The minimum Gasteiger partial charge on any atom is -0.380 e. The third-order valence-electron chi connectivity index (χ3n) is 2.69. The minimum atomic E-state index is -0.335. The van der Waals surface area contributed by atoms with Crippen LogP contribution in [-0.4, -0.2) is 5.91 Å². The fourth-order valence-electron chi connectivity index (χ4n) is 1.74. The highest BCUT2D eigenvalue weighted by molar-refractivity contribution is 6.33. The maximum absolute atomic E-state index is 13.1. The van der Waals surface area contributed by atoms with Gasteiger partial charge in [-0.2, -0.15) is 0 Å². The Hall–Kier alpha value is -2.07. The average Bonchev–Trinajstić information content (AvgIpc) is 2.41. The second-order valence-electron chi connectivity index (χ2n) is 4.36. The molecule has 0 aromatic heterocycles. The molecule has 0 heterocycles. The Balaban J connectivity index is 2.00. The Labute approximate surface area is 121 Å². The van der Waals surface area contributed by atoms with Crippen LogP contribution in [-0.2, 0) is 11.3 Å². The molecule has 2 rings (SSSR count). The summed E-state index contributed by atoms with van der Waals surface area (Å²) in [5.41, 5.74) is 2.29. The van der Waals surface area contributed by atoms with Gasteiger partial charge in [0.2, 0.25) is 5.91 Å². The highest BCUT2D eigenvalue weighted by Gasteiger charge is 2.02. The van der Waals surface area contributed by atoms with Gasteiger partial charge >= 0.3 is 0 Å². The number of benzene rings is 2. The lowest BCUT2D eigenvalue weighted by Crippen LogP contribution is -2.06. The van der Waals surface area contributed by atoms with Crippen LogP contribution in [0.5, 0.6) is 0 Å². The van der Waals surface area contributed by atoms with Crippen molar-refractivity contribution in [1.82, 2.24) is 0 Å². The molecule has 0 atom stereocenters. The second kappa shape index (κ2) is 6.39. The van der Waals surface area contributed by atoms with Crippen LogP contribution in [0.2, 0.25) is 5.02 Å². The molecule has 3 nitrogen and oxygen atoms in total. The topological polar surface area (TPSA) is 41.1 Å². The van der Waals surface area contributed by atoms with Gasteiger partial charge in [-0.15, -0.1) is 0 Å². The molecule has 0 spiro atoms. The SMILES string of the molecule is CC(=O)Nc1ccc(CNc2cc(F)ccc2Cl)cc1. The van der Waals surface area contributed by atoms with E-state index in [0.717, 1.165) is 11.3 Å². The summed E-state index contributed by atoms with van der Waals surface area (Å²) in [4.78, 5) is 10.9. The molecule has 0 aliphatic carbocycles. The summed E-state index contributed by atoms with van der Waals surface area (Å²) in [5.74, 6) is -0.444. The highest BCUT2D eigenvalue weighted by Crippen LogP contribution is 2.23. The Morgan fingerprint density at radius 2 is 1.90 bits per heavy atom. The van der Waals surface area contributed by atoms with Gasteiger partial charge in [0.15, 0.2) is 0 Å². The molecule has 5 heteroatoms. The fourth-order valence-corrected chi connectivity index (χ4v) is 1.92. The van der Waals surface area contributed by atoms with E-state index in [0.29, 0.717) is 17.3 Å². The van der Waals surface area contributed by atoms with Crippen LogP contribution < -0.4 is 10.6 Å².